The van der Waals surface area contributed by atoms with E-state index in [0.717, 1.165) is 32.6 Å². The molecule has 0 aliphatic heterocycles. The van der Waals surface area contributed by atoms with Gasteiger partial charge in [0.05, 0.1) is 21.7 Å². The summed E-state index contributed by atoms with van der Waals surface area (Å²) in [4.78, 5) is 27.9. The van der Waals surface area contributed by atoms with Crippen molar-refractivity contribution in [3.05, 3.63) is 83.7 Å². The number of carboxylic acids is 1. The number of hydrogen-bond acceptors (Lipinski definition) is 7. The topological polar surface area (TPSA) is 91.2 Å². The third kappa shape index (κ3) is 6.28. The first kappa shape index (κ1) is 28.0. The van der Waals surface area contributed by atoms with Crippen LogP contribution in [0.3, 0.4) is 0 Å². The van der Waals surface area contributed by atoms with Crippen molar-refractivity contribution in [1.82, 2.24) is 15.0 Å². The number of thiazole rings is 1. The van der Waals surface area contributed by atoms with E-state index in [1.54, 1.807) is 29.7 Å². The van der Waals surface area contributed by atoms with Crippen molar-refractivity contribution in [2.45, 2.75) is 26.3 Å². The lowest BCUT2D eigenvalue weighted by Crippen LogP contribution is -2.38. The molecule has 0 aliphatic rings. The van der Waals surface area contributed by atoms with Crippen LogP contribution in [0.25, 0.3) is 10.6 Å². The molecular weight excluding hydrogens is 505 g/mol. The number of nitrogens with zero attached hydrogens (tertiary/aromatic N) is 4. The van der Waals surface area contributed by atoms with E-state index in [1.807, 2.05) is 62.6 Å². The van der Waals surface area contributed by atoms with E-state index < -0.39 is 5.97 Å². The first-order valence-corrected chi connectivity index (χ1v) is 11.3. The minimum Gasteiger partial charge on any atom is -0.478 e. The molecule has 0 aliphatic carbocycles. The van der Waals surface area contributed by atoms with Gasteiger partial charge >= 0.3 is 5.97 Å². The number of pyridine rings is 2. The van der Waals surface area contributed by atoms with Crippen molar-refractivity contribution < 1.29 is 9.90 Å². The van der Waals surface area contributed by atoms with Crippen molar-refractivity contribution >= 4 is 58.9 Å². The number of anilines is 3. The van der Waals surface area contributed by atoms with Gasteiger partial charge in [0, 0.05) is 19.4 Å². The van der Waals surface area contributed by atoms with Crippen LogP contribution in [0.4, 0.5) is 16.8 Å². The monoisotopic (exact) mass is 531 g/mol. The van der Waals surface area contributed by atoms with Gasteiger partial charge in [-0.05, 0) is 68.3 Å². The standard InChI is InChI=1S/C25H25N5O2S.2ClH/c1-16-12-13-26-22(14-16)29-21-7-5-6-19(28-21)20-15-27-24(33-20)30(4)25(2,3)18-10-8-17(9-11-18)23(31)32;;/h5-15H,1-4H3,(H,31,32)(H,26,28,29);2*1H. The number of benzene rings is 1. The zero-order valence-corrected chi connectivity index (χ0v) is 22.2. The van der Waals surface area contributed by atoms with Crippen LogP contribution in [0, 0.1) is 6.92 Å². The molecule has 3 aromatic heterocycles. The first-order chi connectivity index (χ1) is 15.7. The number of aryl methyl sites for hydroxylation is 1. The van der Waals surface area contributed by atoms with Crippen LogP contribution in [0.2, 0.25) is 0 Å². The summed E-state index contributed by atoms with van der Waals surface area (Å²) in [5.41, 5.74) is 2.84. The minimum atomic E-state index is -0.931. The summed E-state index contributed by atoms with van der Waals surface area (Å²) < 4.78 is 0. The van der Waals surface area contributed by atoms with Gasteiger partial charge in [0.25, 0.3) is 0 Å². The SMILES string of the molecule is Cc1ccnc(Nc2cccc(-c3cnc(N(C)C(C)(C)c4ccc(C(=O)O)cc4)s3)n2)c1.Cl.Cl. The maximum absolute atomic E-state index is 11.2. The molecule has 184 valence electrons. The van der Waals surface area contributed by atoms with Gasteiger partial charge in [0.1, 0.15) is 11.6 Å². The Morgan fingerprint density at radius 2 is 1.74 bits per heavy atom. The Labute approximate surface area is 221 Å². The molecule has 0 spiro atoms. The third-order valence-corrected chi connectivity index (χ3v) is 6.73. The number of rotatable bonds is 7. The molecule has 0 amide bonds. The molecule has 0 saturated heterocycles. The molecule has 0 fully saturated rings. The van der Waals surface area contributed by atoms with Crippen LogP contribution in [-0.4, -0.2) is 33.1 Å². The molecule has 1 aromatic carbocycles. The van der Waals surface area contributed by atoms with Crippen LogP contribution >= 0.6 is 36.2 Å². The molecule has 2 N–H and O–H groups in total. The summed E-state index contributed by atoms with van der Waals surface area (Å²) in [6, 6.07) is 16.7. The van der Waals surface area contributed by atoms with Crippen molar-refractivity contribution in [3.8, 4) is 10.6 Å². The van der Waals surface area contributed by atoms with Crippen LogP contribution in [0.15, 0.2) is 67.0 Å². The van der Waals surface area contributed by atoms with Gasteiger partial charge in [-0.3, -0.25) is 0 Å². The largest absolute Gasteiger partial charge is 0.478 e. The lowest BCUT2D eigenvalue weighted by molar-refractivity contribution is 0.0697. The number of aromatic carboxylic acids is 1. The van der Waals surface area contributed by atoms with Gasteiger partial charge < -0.3 is 15.3 Å². The molecule has 35 heavy (non-hydrogen) atoms. The van der Waals surface area contributed by atoms with Gasteiger partial charge in [0.2, 0.25) is 0 Å². The normalized spacial score (nSPS) is 10.6. The van der Waals surface area contributed by atoms with Crippen molar-refractivity contribution in [2.24, 2.45) is 0 Å². The molecule has 0 atom stereocenters. The van der Waals surface area contributed by atoms with Gasteiger partial charge in [-0.1, -0.05) is 29.5 Å². The highest BCUT2D eigenvalue weighted by Crippen LogP contribution is 2.36. The maximum Gasteiger partial charge on any atom is 0.335 e. The summed E-state index contributed by atoms with van der Waals surface area (Å²) in [5.74, 6) is 0.535. The number of carbonyl (C=O) groups is 1. The van der Waals surface area contributed by atoms with Gasteiger partial charge in [-0.15, -0.1) is 24.8 Å². The highest BCUT2D eigenvalue weighted by atomic mass is 35.5. The van der Waals surface area contributed by atoms with E-state index in [2.05, 4.69) is 34.0 Å². The lowest BCUT2D eigenvalue weighted by atomic mass is 9.92. The van der Waals surface area contributed by atoms with E-state index in [-0.39, 0.29) is 35.9 Å². The van der Waals surface area contributed by atoms with Gasteiger partial charge in [-0.25, -0.2) is 19.7 Å². The molecule has 7 nitrogen and oxygen atoms in total. The molecule has 0 radical (unpaired) electrons. The van der Waals surface area contributed by atoms with E-state index in [1.165, 1.54) is 0 Å². The predicted molar refractivity (Wildman–Crippen MR) is 147 cm³/mol. The first-order valence-electron chi connectivity index (χ1n) is 10.4. The van der Waals surface area contributed by atoms with E-state index >= 15 is 0 Å². The van der Waals surface area contributed by atoms with Crippen LogP contribution < -0.4 is 10.2 Å². The zero-order chi connectivity index (χ0) is 23.6. The number of hydrogen-bond donors (Lipinski definition) is 2. The number of aromatic nitrogens is 3. The summed E-state index contributed by atoms with van der Waals surface area (Å²) in [7, 11) is 1.99. The van der Waals surface area contributed by atoms with Crippen molar-refractivity contribution in [2.75, 3.05) is 17.3 Å². The molecule has 0 bridgehead atoms. The van der Waals surface area contributed by atoms with E-state index in [9.17, 15) is 4.79 Å². The Morgan fingerprint density at radius 1 is 1.03 bits per heavy atom. The highest BCUT2D eigenvalue weighted by Gasteiger charge is 2.28. The average molecular weight is 532 g/mol. The fourth-order valence-corrected chi connectivity index (χ4v) is 4.36. The molecule has 10 heteroatoms. The number of carboxylic acid groups (broad SMARTS) is 1. The smallest absolute Gasteiger partial charge is 0.335 e. The maximum atomic E-state index is 11.2. The molecule has 0 saturated carbocycles. The summed E-state index contributed by atoms with van der Waals surface area (Å²) in [5, 5.41) is 13.3. The zero-order valence-electron chi connectivity index (χ0n) is 19.7. The third-order valence-electron chi connectivity index (χ3n) is 5.63. The Balaban J connectivity index is 0.00000216. The molecule has 4 rings (SSSR count). The second kappa shape index (κ2) is 11.5. The van der Waals surface area contributed by atoms with Crippen molar-refractivity contribution in [1.29, 1.82) is 0 Å². The van der Waals surface area contributed by atoms with Crippen LogP contribution in [0.5, 0.6) is 0 Å². The van der Waals surface area contributed by atoms with Gasteiger partial charge in [0.15, 0.2) is 5.13 Å². The minimum absolute atomic E-state index is 0. The van der Waals surface area contributed by atoms with E-state index in [0.29, 0.717) is 5.82 Å². The summed E-state index contributed by atoms with van der Waals surface area (Å²) in [6.07, 6.45) is 3.60. The molecule has 3 heterocycles. The Kier molecular flexibility index (Phi) is 9.20. The highest BCUT2D eigenvalue weighted by molar-refractivity contribution is 7.18. The van der Waals surface area contributed by atoms with E-state index in [4.69, 9.17) is 10.1 Å². The second-order valence-corrected chi connectivity index (χ2v) is 9.27. The fraction of sp³-hybridized carbons (Fsp3) is 0.200. The number of halogens is 2. The second-order valence-electron chi connectivity index (χ2n) is 8.26. The van der Waals surface area contributed by atoms with Gasteiger partial charge in [-0.2, -0.15) is 0 Å². The molecular formula is C25H27Cl2N5O2S. The summed E-state index contributed by atoms with van der Waals surface area (Å²) in [6.45, 7) is 6.19. The average Bonchev–Trinajstić information content (AvgIpc) is 3.29. The molecule has 4 aromatic rings. The Hall–Kier alpha value is -3.20. The number of nitrogens with one attached hydrogen (secondary N) is 1. The Bertz CT molecular complexity index is 1300. The predicted octanol–water partition coefficient (Wildman–Crippen LogP) is 6.57. The fourth-order valence-electron chi connectivity index (χ4n) is 3.37. The lowest BCUT2D eigenvalue weighted by Gasteiger charge is -2.36. The molecule has 0 unspecified atom stereocenters. The quantitative estimate of drug-likeness (QED) is 0.278. The van der Waals surface area contributed by atoms with Crippen LogP contribution in [-0.2, 0) is 5.54 Å². The Morgan fingerprint density at radius 3 is 2.40 bits per heavy atom. The van der Waals surface area contributed by atoms with Crippen molar-refractivity contribution in [3.63, 3.8) is 0 Å². The van der Waals surface area contributed by atoms with Crippen LogP contribution in [0.1, 0.15) is 35.3 Å². The summed E-state index contributed by atoms with van der Waals surface area (Å²) >= 11 is 1.56.